The van der Waals surface area contributed by atoms with Crippen molar-refractivity contribution in [2.24, 2.45) is 0 Å². The maximum absolute atomic E-state index is 12.0. The molecule has 1 aromatic heterocycles. The van der Waals surface area contributed by atoms with Gasteiger partial charge in [0.15, 0.2) is 4.34 Å². The molecule has 0 atom stereocenters. The van der Waals surface area contributed by atoms with Crippen LogP contribution in [0.25, 0.3) is 0 Å². The summed E-state index contributed by atoms with van der Waals surface area (Å²) < 4.78 is 5.89. The SMILES string of the molecule is COc1cccc(Nc2nnc(SCC(=O)Nc3ccccc3Cl)s2)c1. The lowest BCUT2D eigenvalue weighted by Gasteiger charge is -2.05. The molecule has 134 valence electrons. The number of hydrogen-bond donors (Lipinski definition) is 2. The number of ether oxygens (including phenoxy) is 1. The molecule has 2 N–H and O–H groups in total. The van der Waals surface area contributed by atoms with E-state index in [1.54, 1.807) is 19.2 Å². The van der Waals surface area contributed by atoms with E-state index in [1.807, 2.05) is 36.4 Å². The van der Waals surface area contributed by atoms with Crippen molar-refractivity contribution in [1.29, 1.82) is 0 Å². The van der Waals surface area contributed by atoms with Crippen molar-refractivity contribution >= 4 is 57.1 Å². The molecule has 0 radical (unpaired) electrons. The third-order valence-electron chi connectivity index (χ3n) is 3.20. The molecule has 0 aliphatic rings. The van der Waals surface area contributed by atoms with E-state index in [-0.39, 0.29) is 11.7 Å². The molecule has 1 heterocycles. The van der Waals surface area contributed by atoms with E-state index in [0.29, 0.717) is 20.2 Å². The highest BCUT2D eigenvalue weighted by atomic mass is 35.5. The molecule has 1 amide bonds. The summed E-state index contributed by atoms with van der Waals surface area (Å²) in [6.07, 6.45) is 0. The van der Waals surface area contributed by atoms with Crippen LogP contribution in [-0.2, 0) is 4.79 Å². The molecular weight excluding hydrogens is 392 g/mol. The number of amides is 1. The molecule has 0 fully saturated rings. The van der Waals surface area contributed by atoms with Crippen molar-refractivity contribution in [2.75, 3.05) is 23.5 Å². The van der Waals surface area contributed by atoms with Gasteiger partial charge >= 0.3 is 0 Å². The number of halogens is 1. The van der Waals surface area contributed by atoms with Crippen LogP contribution < -0.4 is 15.4 Å². The van der Waals surface area contributed by atoms with Crippen molar-refractivity contribution in [2.45, 2.75) is 4.34 Å². The van der Waals surface area contributed by atoms with Crippen molar-refractivity contribution in [3.05, 3.63) is 53.6 Å². The number of carbonyl (C=O) groups is 1. The number of nitrogens with one attached hydrogen (secondary N) is 2. The molecule has 3 rings (SSSR count). The quantitative estimate of drug-likeness (QED) is 0.555. The Kier molecular flexibility index (Phi) is 6.32. The van der Waals surface area contributed by atoms with Gasteiger partial charge in [0, 0.05) is 11.8 Å². The van der Waals surface area contributed by atoms with Gasteiger partial charge in [-0.15, -0.1) is 10.2 Å². The van der Waals surface area contributed by atoms with Gasteiger partial charge < -0.3 is 15.4 Å². The minimum absolute atomic E-state index is 0.152. The molecule has 0 saturated heterocycles. The minimum atomic E-state index is -0.152. The molecule has 3 aromatic rings. The first kappa shape index (κ1) is 18.5. The number of benzene rings is 2. The monoisotopic (exact) mass is 406 g/mol. The maximum atomic E-state index is 12.0. The Labute approximate surface area is 163 Å². The third-order valence-corrected chi connectivity index (χ3v) is 5.50. The molecule has 0 aliphatic carbocycles. The summed E-state index contributed by atoms with van der Waals surface area (Å²) in [4.78, 5) is 12.0. The van der Waals surface area contributed by atoms with Gasteiger partial charge in [-0.2, -0.15) is 0 Å². The Morgan fingerprint density at radius 3 is 2.88 bits per heavy atom. The van der Waals surface area contributed by atoms with E-state index in [1.165, 1.54) is 23.1 Å². The second kappa shape index (κ2) is 8.88. The Morgan fingerprint density at radius 1 is 1.23 bits per heavy atom. The van der Waals surface area contributed by atoms with Crippen LogP contribution in [0.4, 0.5) is 16.5 Å². The van der Waals surface area contributed by atoms with Crippen molar-refractivity contribution in [3.63, 3.8) is 0 Å². The summed E-state index contributed by atoms with van der Waals surface area (Å²) >= 11 is 8.72. The Balaban J connectivity index is 1.53. The average molecular weight is 407 g/mol. The van der Waals surface area contributed by atoms with Crippen LogP contribution >= 0.6 is 34.7 Å². The Hall–Kier alpha value is -2.29. The highest BCUT2D eigenvalue weighted by molar-refractivity contribution is 8.01. The van der Waals surface area contributed by atoms with Crippen LogP contribution in [0.15, 0.2) is 52.9 Å². The molecule has 0 aliphatic heterocycles. The van der Waals surface area contributed by atoms with E-state index in [9.17, 15) is 4.79 Å². The molecule has 0 spiro atoms. The number of para-hydroxylation sites is 1. The number of carbonyl (C=O) groups excluding carboxylic acids is 1. The highest BCUT2D eigenvalue weighted by Gasteiger charge is 2.10. The lowest BCUT2D eigenvalue weighted by molar-refractivity contribution is -0.113. The fourth-order valence-electron chi connectivity index (χ4n) is 2.02. The van der Waals surface area contributed by atoms with E-state index in [4.69, 9.17) is 16.3 Å². The van der Waals surface area contributed by atoms with Gasteiger partial charge in [0.05, 0.1) is 23.6 Å². The van der Waals surface area contributed by atoms with Crippen molar-refractivity contribution in [1.82, 2.24) is 10.2 Å². The second-order valence-corrected chi connectivity index (χ2v) is 7.65. The van der Waals surface area contributed by atoms with Crippen LogP contribution in [-0.4, -0.2) is 29.0 Å². The van der Waals surface area contributed by atoms with Gasteiger partial charge in [0.2, 0.25) is 11.0 Å². The summed E-state index contributed by atoms with van der Waals surface area (Å²) in [7, 11) is 1.62. The summed E-state index contributed by atoms with van der Waals surface area (Å²) in [6.45, 7) is 0. The zero-order valence-corrected chi connectivity index (χ0v) is 16.1. The van der Waals surface area contributed by atoms with E-state index in [0.717, 1.165) is 11.4 Å². The summed E-state index contributed by atoms with van der Waals surface area (Å²) in [6, 6.07) is 14.6. The number of anilines is 3. The number of thioether (sulfide) groups is 1. The normalized spacial score (nSPS) is 10.4. The van der Waals surface area contributed by atoms with E-state index < -0.39 is 0 Å². The van der Waals surface area contributed by atoms with Gasteiger partial charge in [-0.25, -0.2) is 0 Å². The van der Waals surface area contributed by atoms with Gasteiger partial charge in [-0.3, -0.25) is 4.79 Å². The Bertz CT molecular complexity index is 904. The van der Waals surface area contributed by atoms with Crippen LogP contribution in [0.5, 0.6) is 5.75 Å². The number of methoxy groups -OCH3 is 1. The predicted molar refractivity (Wildman–Crippen MR) is 107 cm³/mol. The van der Waals surface area contributed by atoms with Crippen LogP contribution in [0, 0.1) is 0 Å². The highest BCUT2D eigenvalue weighted by Crippen LogP contribution is 2.29. The summed E-state index contributed by atoms with van der Waals surface area (Å²) in [5, 5.41) is 15.3. The molecule has 0 saturated carbocycles. The first-order chi connectivity index (χ1) is 12.6. The van der Waals surface area contributed by atoms with Crippen molar-refractivity contribution < 1.29 is 9.53 Å². The summed E-state index contributed by atoms with van der Waals surface area (Å²) in [5.74, 6) is 0.824. The van der Waals surface area contributed by atoms with Crippen LogP contribution in [0.3, 0.4) is 0 Å². The number of aromatic nitrogens is 2. The molecule has 6 nitrogen and oxygen atoms in total. The molecule has 0 unspecified atom stereocenters. The zero-order valence-electron chi connectivity index (χ0n) is 13.7. The van der Waals surface area contributed by atoms with E-state index in [2.05, 4.69) is 20.8 Å². The molecule has 26 heavy (non-hydrogen) atoms. The number of nitrogens with zero attached hydrogens (tertiary/aromatic N) is 2. The van der Waals surface area contributed by atoms with Gasteiger partial charge in [-0.1, -0.05) is 52.9 Å². The minimum Gasteiger partial charge on any atom is -0.497 e. The smallest absolute Gasteiger partial charge is 0.234 e. The lowest BCUT2D eigenvalue weighted by Crippen LogP contribution is -2.14. The maximum Gasteiger partial charge on any atom is 0.234 e. The summed E-state index contributed by atoms with van der Waals surface area (Å²) in [5.41, 5.74) is 1.45. The fourth-order valence-corrected chi connectivity index (χ4v) is 3.77. The largest absolute Gasteiger partial charge is 0.497 e. The fraction of sp³-hybridized carbons (Fsp3) is 0.118. The van der Waals surface area contributed by atoms with Crippen LogP contribution in [0.2, 0.25) is 5.02 Å². The molecule has 0 bridgehead atoms. The molecule has 2 aromatic carbocycles. The predicted octanol–water partition coefficient (Wildman–Crippen LogP) is 4.67. The molecular formula is C17H15ClN4O2S2. The van der Waals surface area contributed by atoms with E-state index >= 15 is 0 Å². The first-order valence-corrected chi connectivity index (χ1v) is 9.74. The topological polar surface area (TPSA) is 76.1 Å². The third kappa shape index (κ3) is 5.10. The lowest BCUT2D eigenvalue weighted by atomic mass is 10.3. The second-order valence-electron chi connectivity index (χ2n) is 5.05. The van der Waals surface area contributed by atoms with Crippen molar-refractivity contribution in [3.8, 4) is 5.75 Å². The van der Waals surface area contributed by atoms with Gasteiger partial charge in [-0.05, 0) is 24.3 Å². The van der Waals surface area contributed by atoms with Gasteiger partial charge in [0.1, 0.15) is 5.75 Å². The Morgan fingerprint density at radius 2 is 2.08 bits per heavy atom. The standard InChI is InChI=1S/C17H15ClN4O2S2/c1-24-12-6-4-5-11(9-12)19-16-21-22-17(26-16)25-10-15(23)20-14-8-3-2-7-13(14)18/h2-9H,10H2,1H3,(H,19,21)(H,20,23). The number of rotatable bonds is 7. The first-order valence-electron chi connectivity index (χ1n) is 7.56. The molecule has 9 heteroatoms. The number of hydrogen-bond acceptors (Lipinski definition) is 7. The average Bonchev–Trinajstić information content (AvgIpc) is 3.09. The van der Waals surface area contributed by atoms with Gasteiger partial charge in [0.25, 0.3) is 0 Å². The van der Waals surface area contributed by atoms with Crippen LogP contribution in [0.1, 0.15) is 0 Å². The zero-order chi connectivity index (χ0) is 18.4.